The monoisotopic (exact) mass is 374 g/mol. The minimum Gasteiger partial charge on any atom is -0.455 e. The predicted octanol–water partition coefficient (Wildman–Crippen LogP) is 7.04. The van der Waals surface area contributed by atoms with Crippen LogP contribution in [-0.4, -0.2) is 0 Å². The lowest BCUT2D eigenvalue weighted by Gasteiger charge is -2.02. The third kappa shape index (κ3) is 2.81. The lowest BCUT2D eigenvalue weighted by Crippen LogP contribution is -1.78. The molecule has 0 atom stereocenters. The van der Waals surface area contributed by atoms with Crippen molar-refractivity contribution in [2.45, 2.75) is 0 Å². The van der Waals surface area contributed by atoms with Crippen LogP contribution in [0.5, 0.6) is 0 Å². The van der Waals surface area contributed by atoms with E-state index in [1.54, 1.807) is 0 Å². The second-order valence-corrected chi connectivity index (χ2v) is 6.42. The summed E-state index contributed by atoms with van der Waals surface area (Å²) in [6, 6.07) is 30.8. The van der Waals surface area contributed by atoms with Gasteiger partial charge >= 0.3 is 0 Å². The van der Waals surface area contributed by atoms with Gasteiger partial charge in [0.25, 0.3) is 0 Å². The fourth-order valence-corrected chi connectivity index (χ4v) is 3.30. The molecule has 0 aliphatic carbocycles. The largest absolute Gasteiger partial charge is 0.455 e. The average molecular weight is 375 g/mol. The van der Waals surface area contributed by atoms with Gasteiger partial charge in [0.1, 0.15) is 11.5 Å². The SMILES string of the molecule is Brc1ccccc1-c1cc(-c2ccccc2)c(-c2ccccc2)o1. The molecule has 3 aromatic carbocycles. The summed E-state index contributed by atoms with van der Waals surface area (Å²) in [6.45, 7) is 0. The molecule has 0 amide bonds. The van der Waals surface area contributed by atoms with Gasteiger partial charge in [0.2, 0.25) is 0 Å². The average Bonchev–Trinajstić information content (AvgIpc) is 3.09. The number of halogens is 1. The topological polar surface area (TPSA) is 13.1 Å². The van der Waals surface area contributed by atoms with Gasteiger partial charge in [-0.3, -0.25) is 0 Å². The Morgan fingerprint density at radius 2 is 1.17 bits per heavy atom. The summed E-state index contributed by atoms with van der Waals surface area (Å²) < 4.78 is 7.32. The van der Waals surface area contributed by atoms with Crippen LogP contribution in [0.1, 0.15) is 0 Å². The van der Waals surface area contributed by atoms with Crippen LogP contribution in [0.25, 0.3) is 33.8 Å². The summed E-state index contributed by atoms with van der Waals surface area (Å²) in [5, 5.41) is 0. The lowest BCUT2D eigenvalue weighted by atomic mass is 10.0. The molecule has 0 radical (unpaired) electrons. The van der Waals surface area contributed by atoms with Crippen molar-refractivity contribution < 1.29 is 4.42 Å². The van der Waals surface area contributed by atoms with Gasteiger partial charge in [-0.15, -0.1) is 0 Å². The highest BCUT2D eigenvalue weighted by Crippen LogP contribution is 2.40. The van der Waals surface area contributed by atoms with Crippen molar-refractivity contribution in [3.05, 3.63) is 95.5 Å². The number of hydrogen-bond acceptors (Lipinski definition) is 1. The zero-order valence-corrected chi connectivity index (χ0v) is 14.5. The number of rotatable bonds is 3. The van der Waals surface area contributed by atoms with E-state index >= 15 is 0 Å². The van der Waals surface area contributed by atoms with Crippen LogP contribution in [0.4, 0.5) is 0 Å². The molecule has 0 spiro atoms. The van der Waals surface area contributed by atoms with E-state index in [9.17, 15) is 0 Å². The minimum absolute atomic E-state index is 0.861. The maximum absolute atomic E-state index is 6.29. The second-order valence-electron chi connectivity index (χ2n) is 5.57. The van der Waals surface area contributed by atoms with Crippen molar-refractivity contribution in [2.24, 2.45) is 0 Å². The normalized spacial score (nSPS) is 10.7. The Kier molecular flexibility index (Phi) is 4.06. The first-order valence-electron chi connectivity index (χ1n) is 7.82. The van der Waals surface area contributed by atoms with Gasteiger partial charge in [-0.1, -0.05) is 94.8 Å². The Morgan fingerprint density at radius 1 is 0.583 bits per heavy atom. The second kappa shape index (κ2) is 6.50. The highest BCUT2D eigenvalue weighted by molar-refractivity contribution is 9.10. The smallest absolute Gasteiger partial charge is 0.142 e. The maximum atomic E-state index is 6.29. The molecule has 0 unspecified atom stereocenters. The fourth-order valence-electron chi connectivity index (χ4n) is 2.82. The first-order valence-corrected chi connectivity index (χ1v) is 8.62. The molecule has 4 aromatic rings. The highest BCUT2D eigenvalue weighted by Gasteiger charge is 2.16. The van der Waals surface area contributed by atoms with Crippen molar-refractivity contribution in [3.63, 3.8) is 0 Å². The Hall–Kier alpha value is -2.58. The maximum Gasteiger partial charge on any atom is 0.142 e. The van der Waals surface area contributed by atoms with Crippen LogP contribution in [-0.2, 0) is 0 Å². The third-order valence-corrected chi connectivity index (χ3v) is 4.68. The van der Waals surface area contributed by atoms with Gasteiger partial charge in [-0.25, -0.2) is 0 Å². The van der Waals surface area contributed by atoms with E-state index in [4.69, 9.17) is 4.42 Å². The molecule has 24 heavy (non-hydrogen) atoms. The molecule has 1 nitrogen and oxygen atoms in total. The van der Waals surface area contributed by atoms with Crippen molar-refractivity contribution in [1.29, 1.82) is 0 Å². The van der Waals surface area contributed by atoms with Crippen molar-refractivity contribution >= 4 is 15.9 Å². The minimum atomic E-state index is 0.861. The lowest BCUT2D eigenvalue weighted by molar-refractivity contribution is 0.598. The van der Waals surface area contributed by atoms with Crippen molar-refractivity contribution in [3.8, 4) is 33.8 Å². The first kappa shape index (κ1) is 15.0. The van der Waals surface area contributed by atoms with Crippen molar-refractivity contribution in [2.75, 3.05) is 0 Å². The molecule has 1 heterocycles. The zero-order valence-electron chi connectivity index (χ0n) is 12.9. The molecule has 0 fully saturated rings. The Morgan fingerprint density at radius 3 is 1.83 bits per heavy atom. The zero-order chi connectivity index (χ0) is 16.4. The Labute approximate surface area is 149 Å². The number of furan rings is 1. The van der Waals surface area contributed by atoms with Crippen LogP contribution in [0, 0.1) is 0 Å². The molecular formula is C22H15BrO. The van der Waals surface area contributed by atoms with Gasteiger partial charge in [0, 0.05) is 21.2 Å². The molecule has 0 saturated heterocycles. The van der Waals surface area contributed by atoms with Gasteiger partial charge in [-0.2, -0.15) is 0 Å². The van der Waals surface area contributed by atoms with Gasteiger partial charge in [-0.05, 0) is 17.7 Å². The summed E-state index contributed by atoms with van der Waals surface area (Å²) in [5.74, 6) is 1.76. The summed E-state index contributed by atoms with van der Waals surface area (Å²) >= 11 is 3.62. The van der Waals surface area contributed by atoms with E-state index in [2.05, 4.69) is 64.5 Å². The van der Waals surface area contributed by atoms with Crippen molar-refractivity contribution in [1.82, 2.24) is 0 Å². The van der Waals surface area contributed by atoms with E-state index in [-0.39, 0.29) is 0 Å². The molecule has 1 aromatic heterocycles. The molecular weight excluding hydrogens is 360 g/mol. The third-order valence-electron chi connectivity index (χ3n) is 3.99. The summed E-state index contributed by atoms with van der Waals surface area (Å²) in [5.41, 5.74) is 4.39. The molecule has 4 rings (SSSR count). The summed E-state index contributed by atoms with van der Waals surface area (Å²) in [4.78, 5) is 0. The highest BCUT2D eigenvalue weighted by atomic mass is 79.9. The van der Waals surface area contributed by atoms with Gasteiger partial charge in [0.05, 0.1) is 0 Å². The van der Waals surface area contributed by atoms with Gasteiger partial charge in [0.15, 0.2) is 0 Å². The Balaban J connectivity index is 1.94. The fraction of sp³-hybridized carbons (Fsp3) is 0. The van der Waals surface area contributed by atoms with Crippen LogP contribution in [0.2, 0.25) is 0 Å². The predicted molar refractivity (Wildman–Crippen MR) is 103 cm³/mol. The van der Waals surface area contributed by atoms with Crippen LogP contribution in [0.3, 0.4) is 0 Å². The quantitative estimate of drug-likeness (QED) is 0.374. The molecule has 0 aliphatic heterocycles. The molecule has 2 heteroatoms. The van der Waals surface area contributed by atoms with Crippen LogP contribution >= 0.6 is 15.9 Å². The Bertz CT molecular complexity index is 899. The van der Waals surface area contributed by atoms with Crippen LogP contribution < -0.4 is 0 Å². The molecule has 0 bridgehead atoms. The number of hydrogen-bond donors (Lipinski definition) is 0. The van der Waals surface area contributed by atoms with E-state index in [0.717, 1.165) is 38.2 Å². The van der Waals surface area contributed by atoms with E-state index in [0.29, 0.717) is 0 Å². The van der Waals surface area contributed by atoms with Gasteiger partial charge < -0.3 is 4.42 Å². The summed E-state index contributed by atoms with van der Waals surface area (Å²) in [6.07, 6.45) is 0. The molecule has 0 saturated carbocycles. The number of benzene rings is 3. The summed E-state index contributed by atoms with van der Waals surface area (Å²) in [7, 11) is 0. The van der Waals surface area contributed by atoms with E-state index in [1.807, 2.05) is 42.5 Å². The van der Waals surface area contributed by atoms with E-state index in [1.165, 1.54) is 0 Å². The first-order chi connectivity index (χ1) is 11.8. The van der Waals surface area contributed by atoms with E-state index < -0.39 is 0 Å². The molecule has 0 aliphatic rings. The standard InChI is InChI=1S/C22H15BrO/c23-20-14-8-7-13-18(20)21-15-19(16-9-3-1-4-10-16)22(24-21)17-11-5-2-6-12-17/h1-15H. The van der Waals surface area contributed by atoms with Crippen LogP contribution in [0.15, 0.2) is 99.9 Å². The molecule has 116 valence electrons. The molecule has 0 N–H and O–H groups in total.